The molecule has 0 aliphatic heterocycles. The molecule has 0 aromatic heterocycles. The molecule has 0 saturated heterocycles. The van der Waals surface area contributed by atoms with Crippen molar-refractivity contribution in [1.29, 1.82) is 0 Å². The molecule has 6 heteroatoms. The average molecular weight is 334 g/mol. The van der Waals surface area contributed by atoms with Crippen LogP contribution in [0, 0.1) is 17.5 Å². The predicted octanol–water partition coefficient (Wildman–Crippen LogP) is 5.26. The Balaban J connectivity index is 2.13. The molecule has 112 valence electrons. The molecule has 0 spiro atoms. The first kappa shape index (κ1) is 16.1. The lowest BCUT2D eigenvalue weighted by Gasteiger charge is -2.17. The highest BCUT2D eigenvalue weighted by atomic mass is 35.5. The number of nitrogens with one attached hydrogen (secondary N) is 1. The van der Waals surface area contributed by atoms with Crippen LogP contribution < -0.4 is 5.32 Å². The first-order valence-corrected chi connectivity index (χ1v) is 6.96. The van der Waals surface area contributed by atoms with Crippen molar-refractivity contribution in [3.05, 3.63) is 69.0 Å². The Hall–Kier alpha value is -1.23. The molecule has 0 amide bonds. The molecule has 1 unspecified atom stereocenters. The Labute approximate surface area is 130 Å². The summed E-state index contributed by atoms with van der Waals surface area (Å²) in [4.78, 5) is 0. The summed E-state index contributed by atoms with van der Waals surface area (Å²) in [7, 11) is 0. The zero-order valence-corrected chi connectivity index (χ0v) is 12.6. The summed E-state index contributed by atoms with van der Waals surface area (Å²) >= 11 is 11.9. The van der Waals surface area contributed by atoms with Crippen molar-refractivity contribution >= 4 is 23.2 Å². The van der Waals surface area contributed by atoms with Gasteiger partial charge < -0.3 is 5.32 Å². The standard InChI is InChI=1S/C15H12Cl2F3N/c1-8(14-10(16)3-5-12(19)15(14)17)21-7-9-2-4-11(18)13(20)6-9/h2-6,8,21H,7H2,1H3. The normalized spacial score (nSPS) is 12.5. The van der Waals surface area contributed by atoms with Crippen molar-refractivity contribution in [2.45, 2.75) is 19.5 Å². The van der Waals surface area contributed by atoms with E-state index >= 15 is 0 Å². The highest BCUT2D eigenvalue weighted by molar-refractivity contribution is 6.36. The summed E-state index contributed by atoms with van der Waals surface area (Å²) < 4.78 is 39.4. The van der Waals surface area contributed by atoms with Crippen molar-refractivity contribution in [2.24, 2.45) is 0 Å². The van der Waals surface area contributed by atoms with Gasteiger partial charge in [-0.2, -0.15) is 0 Å². The van der Waals surface area contributed by atoms with Crippen molar-refractivity contribution < 1.29 is 13.2 Å². The van der Waals surface area contributed by atoms with Crippen LogP contribution >= 0.6 is 23.2 Å². The fraction of sp³-hybridized carbons (Fsp3) is 0.200. The molecule has 0 radical (unpaired) electrons. The zero-order chi connectivity index (χ0) is 15.6. The molecule has 21 heavy (non-hydrogen) atoms. The second-order valence-electron chi connectivity index (χ2n) is 4.61. The van der Waals surface area contributed by atoms with Crippen molar-refractivity contribution in [3.63, 3.8) is 0 Å². The van der Waals surface area contributed by atoms with Crippen LogP contribution in [0.2, 0.25) is 10.0 Å². The summed E-state index contributed by atoms with van der Waals surface area (Å²) in [5.74, 6) is -2.37. The van der Waals surface area contributed by atoms with Crippen LogP contribution in [0.1, 0.15) is 24.1 Å². The third kappa shape index (κ3) is 3.70. The van der Waals surface area contributed by atoms with E-state index in [0.717, 1.165) is 12.1 Å². The van der Waals surface area contributed by atoms with E-state index in [1.807, 2.05) is 0 Å². The topological polar surface area (TPSA) is 12.0 Å². The zero-order valence-electron chi connectivity index (χ0n) is 11.1. The van der Waals surface area contributed by atoms with Crippen molar-refractivity contribution in [3.8, 4) is 0 Å². The second-order valence-corrected chi connectivity index (χ2v) is 5.39. The summed E-state index contributed by atoms with van der Waals surface area (Å²) in [5.41, 5.74) is 0.991. The lowest BCUT2D eigenvalue weighted by molar-refractivity contribution is 0.503. The largest absolute Gasteiger partial charge is 0.306 e. The Morgan fingerprint density at radius 2 is 1.67 bits per heavy atom. The molecule has 2 rings (SSSR count). The molecule has 0 heterocycles. The van der Waals surface area contributed by atoms with E-state index in [4.69, 9.17) is 23.2 Å². The van der Waals surface area contributed by atoms with Crippen molar-refractivity contribution in [2.75, 3.05) is 0 Å². The third-order valence-electron chi connectivity index (χ3n) is 3.11. The van der Waals surface area contributed by atoms with Gasteiger partial charge in [0, 0.05) is 23.2 Å². The fourth-order valence-corrected chi connectivity index (χ4v) is 2.66. The Morgan fingerprint density at radius 3 is 2.33 bits per heavy atom. The first-order chi connectivity index (χ1) is 9.90. The van der Waals surface area contributed by atoms with Crippen molar-refractivity contribution in [1.82, 2.24) is 5.32 Å². The van der Waals surface area contributed by atoms with E-state index < -0.39 is 17.5 Å². The van der Waals surface area contributed by atoms with E-state index in [1.54, 1.807) is 6.92 Å². The SMILES string of the molecule is CC(NCc1ccc(F)c(F)c1)c1c(Cl)ccc(F)c1Cl. The molecule has 0 bridgehead atoms. The molecular formula is C15H12Cl2F3N. The highest BCUT2D eigenvalue weighted by Gasteiger charge is 2.16. The summed E-state index contributed by atoms with van der Waals surface area (Å²) in [6.07, 6.45) is 0. The van der Waals surface area contributed by atoms with E-state index in [9.17, 15) is 13.2 Å². The molecule has 0 saturated carbocycles. The summed E-state index contributed by atoms with van der Waals surface area (Å²) in [6.45, 7) is 2.02. The molecule has 0 fully saturated rings. The van der Waals surface area contributed by atoms with E-state index in [0.29, 0.717) is 16.1 Å². The number of rotatable bonds is 4. The second kappa shape index (κ2) is 6.69. The third-order valence-corrected chi connectivity index (χ3v) is 3.82. The first-order valence-electron chi connectivity index (χ1n) is 6.21. The average Bonchev–Trinajstić information content (AvgIpc) is 2.44. The molecule has 0 aliphatic carbocycles. The molecule has 2 aromatic rings. The van der Waals surface area contributed by atoms with Crippen LogP contribution in [0.25, 0.3) is 0 Å². The minimum Gasteiger partial charge on any atom is -0.306 e. The number of halogens is 5. The minimum atomic E-state index is -0.913. The highest BCUT2D eigenvalue weighted by Crippen LogP contribution is 2.32. The van der Waals surface area contributed by atoms with Gasteiger partial charge in [-0.1, -0.05) is 29.3 Å². The molecule has 2 aromatic carbocycles. The van der Waals surface area contributed by atoms with Gasteiger partial charge in [0.1, 0.15) is 5.82 Å². The lowest BCUT2D eigenvalue weighted by atomic mass is 10.1. The quantitative estimate of drug-likeness (QED) is 0.752. The Morgan fingerprint density at radius 1 is 1.00 bits per heavy atom. The van der Waals surface area contributed by atoms with E-state index in [2.05, 4.69) is 5.32 Å². The van der Waals surface area contributed by atoms with Crippen LogP contribution in [0.15, 0.2) is 30.3 Å². The fourth-order valence-electron chi connectivity index (χ4n) is 1.96. The Bertz CT molecular complexity index is 662. The van der Waals surface area contributed by atoms with Gasteiger partial charge in [0.15, 0.2) is 11.6 Å². The maximum absolute atomic E-state index is 13.5. The van der Waals surface area contributed by atoms with Crippen LogP contribution in [-0.4, -0.2) is 0 Å². The van der Waals surface area contributed by atoms with Gasteiger partial charge in [0.05, 0.1) is 5.02 Å². The van der Waals surface area contributed by atoms with Gasteiger partial charge in [-0.15, -0.1) is 0 Å². The maximum Gasteiger partial charge on any atom is 0.159 e. The lowest BCUT2D eigenvalue weighted by Crippen LogP contribution is -2.19. The van der Waals surface area contributed by atoms with Crippen LogP contribution in [0.4, 0.5) is 13.2 Å². The molecule has 1 N–H and O–H groups in total. The van der Waals surface area contributed by atoms with Crippen LogP contribution in [0.3, 0.4) is 0 Å². The monoisotopic (exact) mass is 333 g/mol. The molecule has 0 aliphatic rings. The van der Waals surface area contributed by atoms with Gasteiger partial charge in [0.25, 0.3) is 0 Å². The number of benzene rings is 2. The maximum atomic E-state index is 13.5. The number of hydrogen-bond donors (Lipinski definition) is 1. The van der Waals surface area contributed by atoms with E-state index in [1.165, 1.54) is 18.2 Å². The van der Waals surface area contributed by atoms with Gasteiger partial charge in [0.2, 0.25) is 0 Å². The molecular weight excluding hydrogens is 322 g/mol. The van der Waals surface area contributed by atoms with Gasteiger partial charge >= 0.3 is 0 Å². The van der Waals surface area contributed by atoms with Crippen LogP contribution in [-0.2, 0) is 6.54 Å². The van der Waals surface area contributed by atoms with Gasteiger partial charge in [-0.3, -0.25) is 0 Å². The number of hydrogen-bond acceptors (Lipinski definition) is 1. The predicted molar refractivity (Wildman–Crippen MR) is 78.0 cm³/mol. The van der Waals surface area contributed by atoms with E-state index in [-0.39, 0.29) is 17.6 Å². The molecule has 1 atom stereocenters. The van der Waals surface area contributed by atoms with Crippen LogP contribution in [0.5, 0.6) is 0 Å². The minimum absolute atomic E-state index is 0.0483. The van der Waals surface area contributed by atoms with Gasteiger partial charge in [-0.25, -0.2) is 13.2 Å². The summed E-state index contributed by atoms with van der Waals surface area (Å²) in [6, 6.07) is 5.88. The van der Waals surface area contributed by atoms with Gasteiger partial charge in [-0.05, 0) is 36.8 Å². The molecule has 1 nitrogen and oxygen atoms in total. The Kier molecular flexibility index (Phi) is 5.14. The summed E-state index contributed by atoms with van der Waals surface area (Å²) in [5, 5.41) is 3.34. The smallest absolute Gasteiger partial charge is 0.159 e.